The van der Waals surface area contributed by atoms with Crippen LogP contribution < -0.4 is 4.74 Å². The molecule has 1 spiro atoms. The minimum Gasteiger partial charge on any atom is -0.456 e. The summed E-state index contributed by atoms with van der Waals surface area (Å²) in [6.07, 6.45) is 0.902. The minimum atomic E-state index is -0.951. The van der Waals surface area contributed by atoms with E-state index in [1.807, 2.05) is 49.4 Å². The summed E-state index contributed by atoms with van der Waals surface area (Å²) >= 11 is 0. The van der Waals surface area contributed by atoms with Gasteiger partial charge in [0.2, 0.25) is 0 Å². The van der Waals surface area contributed by atoms with Crippen LogP contribution in [0.25, 0.3) is 0 Å². The van der Waals surface area contributed by atoms with Crippen molar-refractivity contribution in [2.45, 2.75) is 25.9 Å². The van der Waals surface area contributed by atoms with Gasteiger partial charge in [0.15, 0.2) is 5.60 Å². The lowest BCUT2D eigenvalue weighted by atomic mass is 9.77. The van der Waals surface area contributed by atoms with Crippen LogP contribution >= 0.6 is 0 Å². The second-order valence-corrected chi connectivity index (χ2v) is 6.90. The zero-order chi connectivity index (χ0) is 17.9. The monoisotopic (exact) mass is 342 g/mol. The van der Waals surface area contributed by atoms with Crippen molar-refractivity contribution in [3.8, 4) is 11.5 Å². The first-order chi connectivity index (χ1) is 12.6. The standard InChI is InChI=1S/C23H18O3/c1-3-15-9-11-21-19(13-15)23(18-12-14(2)8-10-20(18)25-21)17-7-5-4-6-16(17)22(24)26-23/h4-13H,3H2,1-2H3. The van der Waals surface area contributed by atoms with Gasteiger partial charge < -0.3 is 9.47 Å². The topological polar surface area (TPSA) is 35.5 Å². The summed E-state index contributed by atoms with van der Waals surface area (Å²) in [5.74, 6) is 1.18. The summed E-state index contributed by atoms with van der Waals surface area (Å²) < 4.78 is 12.3. The summed E-state index contributed by atoms with van der Waals surface area (Å²) in [5, 5.41) is 0. The molecule has 26 heavy (non-hydrogen) atoms. The van der Waals surface area contributed by atoms with Crippen molar-refractivity contribution in [2.75, 3.05) is 0 Å². The summed E-state index contributed by atoms with van der Waals surface area (Å²) in [7, 11) is 0. The van der Waals surface area contributed by atoms with Gasteiger partial charge in [-0.3, -0.25) is 0 Å². The molecular weight excluding hydrogens is 324 g/mol. The number of benzene rings is 3. The third-order valence-corrected chi connectivity index (χ3v) is 5.34. The number of ether oxygens (including phenoxy) is 2. The first-order valence-electron chi connectivity index (χ1n) is 8.88. The van der Waals surface area contributed by atoms with Gasteiger partial charge in [-0.05, 0) is 49.2 Å². The Morgan fingerprint density at radius 1 is 0.885 bits per heavy atom. The number of aryl methyl sites for hydroxylation is 2. The molecule has 0 aromatic heterocycles. The maximum Gasteiger partial charge on any atom is 0.340 e. The molecule has 1 unspecified atom stereocenters. The minimum absolute atomic E-state index is 0.289. The maximum atomic E-state index is 12.7. The maximum absolute atomic E-state index is 12.7. The van der Waals surface area contributed by atoms with Gasteiger partial charge in [0.1, 0.15) is 11.5 Å². The van der Waals surface area contributed by atoms with Gasteiger partial charge in [0.05, 0.1) is 5.56 Å². The van der Waals surface area contributed by atoms with Crippen molar-refractivity contribution in [2.24, 2.45) is 0 Å². The van der Waals surface area contributed by atoms with Crippen LogP contribution in [0.5, 0.6) is 11.5 Å². The Morgan fingerprint density at radius 3 is 2.42 bits per heavy atom. The Balaban J connectivity index is 1.91. The SMILES string of the molecule is CCc1ccc2c(c1)C1(OC(=O)c3ccccc31)c1cc(C)ccc1O2. The molecule has 0 fully saturated rings. The molecule has 0 bridgehead atoms. The number of carbonyl (C=O) groups is 1. The summed E-state index contributed by atoms with van der Waals surface area (Å²) in [5.41, 5.74) is 4.62. The Kier molecular flexibility index (Phi) is 3.05. The summed E-state index contributed by atoms with van der Waals surface area (Å²) in [6, 6.07) is 19.8. The smallest absolute Gasteiger partial charge is 0.340 e. The Morgan fingerprint density at radius 2 is 1.62 bits per heavy atom. The van der Waals surface area contributed by atoms with E-state index in [1.54, 1.807) is 0 Å². The van der Waals surface area contributed by atoms with E-state index in [-0.39, 0.29) is 5.97 Å². The van der Waals surface area contributed by atoms with E-state index in [0.29, 0.717) is 5.56 Å². The fourth-order valence-corrected chi connectivity index (χ4v) is 4.05. The first kappa shape index (κ1) is 15.2. The van der Waals surface area contributed by atoms with Crippen molar-refractivity contribution in [3.05, 3.63) is 94.0 Å². The number of rotatable bonds is 1. The van der Waals surface area contributed by atoms with E-state index in [1.165, 1.54) is 5.56 Å². The number of esters is 1. The zero-order valence-corrected chi connectivity index (χ0v) is 14.7. The van der Waals surface area contributed by atoms with E-state index in [0.717, 1.165) is 40.2 Å². The highest BCUT2D eigenvalue weighted by atomic mass is 16.6. The van der Waals surface area contributed by atoms with Crippen molar-refractivity contribution >= 4 is 5.97 Å². The van der Waals surface area contributed by atoms with Crippen LogP contribution in [0.4, 0.5) is 0 Å². The predicted molar refractivity (Wildman–Crippen MR) is 98.8 cm³/mol. The molecule has 0 saturated heterocycles. The third-order valence-electron chi connectivity index (χ3n) is 5.34. The van der Waals surface area contributed by atoms with Crippen molar-refractivity contribution in [1.82, 2.24) is 0 Å². The first-order valence-corrected chi connectivity index (χ1v) is 8.88. The second-order valence-electron chi connectivity index (χ2n) is 6.90. The van der Waals surface area contributed by atoms with E-state index < -0.39 is 5.60 Å². The van der Waals surface area contributed by atoms with Gasteiger partial charge in [-0.15, -0.1) is 0 Å². The van der Waals surface area contributed by atoms with Crippen LogP contribution in [-0.2, 0) is 16.8 Å². The third kappa shape index (κ3) is 1.86. The fraction of sp³-hybridized carbons (Fsp3) is 0.174. The van der Waals surface area contributed by atoms with Gasteiger partial charge in [0.25, 0.3) is 0 Å². The van der Waals surface area contributed by atoms with E-state index >= 15 is 0 Å². The molecule has 3 aromatic rings. The highest BCUT2D eigenvalue weighted by Crippen LogP contribution is 2.56. The van der Waals surface area contributed by atoms with Crippen LogP contribution in [-0.4, -0.2) is 5.97 Å². The molecule has 0 saturated carbocycles. The Labute approximate surface area is 152 Å². The molecular formula is C23H18O3. The fourth-order valence-electron chi connectivity index (χ4n) is 4.05. The molecule has 0 radical (unpaired) electrons. The van der Waals surface area contributed by atoms with Crippen molar-refractivity contribution < 1.29 is 14.3 Å². The average molecular weight is 342 g/mol. The van der Waals surface area contributed by atoms with Crippen LogP contribution in [0.2, 0.25) is 0 Å². The molecule has 3 heteroatoms. The number of fused-ring (bicyclic) bond motifs is 6. The largest absolute Gasteiger partial charge is 0.456 e. The predicted octanol–water partition coefficient (Wildman–Crippen LogP) is 5.13. The van der Waals surface area contributed by atoms with Crippen LogP contribution in [0, 0.1) is 6.92 Å². The second kappa shape index (κ2) is 5.21. The lowest BCUT2D eigenvalue weighted by Gasteiger charge is -2.37. The van der Waals surface area contributed by atoms with Crippen molar-refractivity contribution in [1.29, 1.82) is 0 Å². The number of hydrogen-bond donors (Lipinski definition) is 0. The molecule has 2 aliphatic heterocycles. The molecule has 5 rings (SSSR count). The van der Waals surface area contributed by atoms with Gasteiger partial charge in [-0.2, -0.15) is 0 Å². The number of hydrogen-bond acceptors (Lipinski definition) is 3. The highest BCUT2D eigenvalue weighted by Gasteiger charge is 2.53. The summed E-state index contributed by atoms with van der Waals surface area (Å²) in [6.45, 7) is 4.15. The lowest BCUT2D eigenvalue weighted by Crippen LogP contribution is -2.33. The van der Waals surface area contributed by atoms with Crippen LogP contribution in [0.1, 0.15) is 45.1 Å². The molecule has 128 valence electrons. The molecule has 2 aliphatic rings. The Hall–Kier alpha value is -3.07. The average Bonchev–Trinajstić information content (AvgIpc) is 2.96. The van der Waals surface area contributed by atoms with Gasteiger partial charge in [0, 0.05) is 16.7 Å². The lowest BCUT2D eigenvalue weighted by molar-refractivity contribution is 0.0224. The molecule has 2 heterocycles. The Bertz CT molecular complexity index is 1070. The highest BCUT2D eigenvalue weighted by molar-refractivity contribution is 5.97. The van der Waals surface area contributed by atoms with E-state index in [2.05, 4.69) is 25.1 Å². The molecule has 1 atom stereocenters. The van der Waals surface area contributed by atoms with Crippen molar-refractivity contribution in [3.63, 3.8) is 0 Å². The van der Waals surface area contributed by atoms with Crippen LogP contribution in [0.3, 0.4) is 0 Å². The number of carbonyl (C=O) groups excluding carboxylic acids is 1. The molecule has 0 aliphatic carbocycles. The normalized spacial score (nSPS) is 19.4. The van der Waals surface area contributed by atoms with E-state index in [4.69, 9.17) is 9.47 Å². The molecule has 3 nitrogen and oxygen atoms in total. The van der Waals surface area contributed by atoms with Gasteiger partial charge >= 0.3 is 5.97 Å². The molecule has 0 N–H and O–H groups in total. The summed E-state index contributed by atoms with van der Waals surface area (Å²) in [4.78, 5) is 12.7. The van der Waals surface area contributed by atoms with E-state index in [9.17, 15) is 4.79 Å². The van der Waals surface area contributed by atoms with Gasteiger partial charge in [-0.1, -0.05) is 42.8 Å². The molecule has 3 aromatic carbocycles. The van der Waals surface area contributed by atoms with Gasteiger partial charge in [-0.25, -0.2) is 4.79 Å². The zero-order valence-electron chi connectivity index (χ0n) is 14.7. The molecule has 0 amide bonds. The van der Waals surface area contributed by atoms with Crippen LogP contribution in [0.15, 0.2) is 60.7 Å². The quantitative estimate of drug-likeness (QED) is 0.575.